The maximum absolute atomic E-state index is 12.1. The van der Waals surface area contributed by atoms with Crippen LogP contribution in [0.4, 0.5) is 11.5 Å². The number of nitrogens with two attached hydrogens (primary N) is 1. The molecule has 6 heteroatoms. The summed E-state index contributed by atoms with van der Waals surface area (Å²) in [5.74, 6) is 0.313. The molecule has 0 atom stereocenters. The van der Waals surface area contributed by atoms with E-state index < -0.39 is 0 Å². The van der Waals surface area contributed by atoms with Gasteiger partial charge in [0.05, 0.1) is 18.5 Å². The van der Waals surface area contributed by atoms with Crippen LogP contribution < -0.4 is 10.6 Å². The Labute approximate surface area is 119 Å². The highest BCUT2D eigenvalue weighted by Crippen LogP contribution is 2.22. The van der Waals surface area contributed by atoms with Gasteiger partial charge in [-0.05, 0) is 33.0 Å². The van der Waals surface area contributed by atoms with E-state index in [4.69, 9.17) is 10.5 Å². The molecule has 2 rings (SSSR count). The smallest absolute Gasteiger partial charge is 0.341 e. The molecule has 1 aromatic rings. The van der Waals surface area contributed by atoms with Gasteiger partial charge in [-0.3, -0.25) is 0 Å². The standard InChI is InChI=1S/C14H22N4O2/c1-3-20-14(19)12-9-11(15)10-16-13(12)18-6-4-5-17(2)7-8-18/h9-10H,3-8,15H2,1-2H3. The van der Waals surface area contributed by atoms with Crippen LogP contribution in [0.3, 0.4) is 0 Å². The number of esters is 1. The van der Waals surface area contributed by atoms with Gasteiger partial charge in [-0.25, -0.2) is 9.78 Å². The predicted molar refractivity (Wildman–Crippen MR) is 78.9 cm³/mol. The maximum Gasteiger partial charge on any atom is 0.341 e. The highest BCUT2D eigenvalue weighted by Gasteiger charge is 2.21. The minimum atomic E-state index is -0.361. The van der Waals surface area contributed by atoms with Crippen molar-refractivity contribution in [2.45, 2.75) is 13.3 Å². The Kier molecular flexibility index (Phi) is 4.79. The number of anilines is 2. The zero-order valence-electron chi connectivity index (χ0n) is 12.1. The van der Waals surface area contributed by atoms with Crippen LogP contribution in [0, 0.1) is 0 Å². The molecule has 1 saturated heterocycles. The number of likely N-dealkylation sites (N-methyl/N-ethyl adjacent to an activating group) is 1. The van der Waals surface area contributed by atoms with Crippen molar-refractivity contribution in [3.63, 3.8) is 0 Å². The lowest BCUT2D eigenvalue weighted by Gasteiger charge is -2.23. The molecular formula is C14H22N4O2. The summed E-state index contributed by atoms with van der Waals surface area (Å²) in [7, 11) is 2.10. The molecule has 0 amide bonds. The molecule has 0 unspecified atom stereocenters. The van der Waals surface area contributed by atoms with Gasteiger partial charge in [0.2, 0.25) is 0 Å². The third-order valence-corrected chi connectivity index (χ3v) is 3.40. The Bertz CT molecular complexity index is 478. The molecule has 0 radical (unpaired) electrons. The fourth-order valence-corrected chi connectivity index (χ4v) is 2.34. The molecule has 6 nitrogen and oxygen atoms in total. The zero-order valence-corrected chi connectivity index (χ0v) is 12.1. The molecule has 0 spiro atoms. The normalized spacial score (nSPS) is 16.8. The van der Waals surface area contributed by atoms with Crippen molar-refractivity contribution in [3.05, 3.63) is 17.8 Å². The highest BCUT2D eigenvalue weighted by atomic mass is 16.5. The number of carbonyl (C=O) groups excluding carboxylic acids is 1. The molecule has 0 bridgehead atoms. The number of nitrogens with zero attached hydrogens (tertiary/aromatic N) is 3. The fraction of sp³-hybridized carbons (Fsp3) is 0.571. The van der Waals surface area contributed by atoms with Gasteiger partial charge in [-0.15, -0.1) is 0 Å². The summed E-state index contributed by atoms with van der Waals surface area (Å²) in [6.07, 6.45) is 2.64. The van der Waals surface area contributed by atoms with Crippen LogP contribution in [0.15, 0.2) is 12.3 Å². The quantitative estimate of drug-likeness (QED) is 0.831. The summed E-state index contributed by atoms with van der Waals surface area (Å²) in [6, 6.07) is 1.65. The van der Waals surface area contributed by atoms with Gasteiger partial charge in [0.1, 0.15) is 11.4 Å². The van der Waals surface area contributed by atoms with Gasteiger partial charge in [0, 0.05) is 19.6 Å². The van der Waals surface area contributed by atoms with Crippen LogP contribution in [0.5, 0.6) is 0 Å². The van der Waals surface area contributed by atoms with Crippen LogP contribution in [-0.4, -0.2) is 55.7 Å². The Hall–Kier alpha value is -1.82. The average Bonchev–Trinajstić information content (AvgIpc) is 2.64. The lowest BCUT2D eigenvalue weighted by molar-refractivity contribution is 0.0526. The van der Waals surface area contributed by atoms with Crippen molar-refractivity contribution >= 4 is 17.5 Å². The molecule has 0 aromatic carbocycles. The van der Waals surface area contributed by atoms with Crippen LogP contribution in [0.25, 0.3) is 0 Å². The van der Waals surface area contributed by atoms with Gasteiger partial charge >= 0.3 is 5.97 Å². The van der Waals surface area contributed by atoms with Crippen LogP contribution in [0.1, 0.15) is 23.7 Å². The van der Waals surface area contributed by atoms with E-state index in [0.29, 0.717) is 23.7 Å². The number of pyridine rings is 1. The number of ether oxygens (including phenoxy) is 1. The molecule has 1 aromatic heterocycles. The van der Waals surface area contributed by atoms with Crippen LogP contribution >= 0.6 is 0 Å². The van der Waals surface area contributed by atoms with Crippen molar-refractivity contribution in [2.24, 2.45) is 0 Å². The van der Waals surface area contributed by atoms with E-state index >= 15 is 0 Å². The second-order valence-corrected chi connectivity index (χ2v) is 5.00. The lowest BCUT2D eigenvalue weighted by atomic mass is 10.2. The first kappa shape index (κ1) is 14.6. The maximum atomic E-state index is 12.1. The number of nitrogen functional groups attached to an aromatic ring is 1. The minimum absolute atomic E-state index is 0.343. The average molecular weight is 278 g/mol. The third-order valence-electron chi connectivity index (χ3n) is 3.40. The topological polar surface area (TPSA) is 71.7 Å². The SMILES string of the molecule is CCOC(=O)c1cc(N)cnc1N1CCCN(C)CC1. The summed E-state index contributed by atoms with van der Waals surface area (Å²) < 4.78 is 5.10. The molecule has 1 aliphatic rings. The monoisotopic (exact) mass is 278 g/mol. The summed E-state index contributed by atoms with van der Waals surface area (Å²) in [6.45, 7) is 5.87. The van der Waals surface area contributed by atoms with Gasteiger partial charge in [-0.1, -0.05) is 0 Å². The van der Waals surface area contributed by atoms with Crippen molar-refractivity contribution < 1.29 is 9.53 Å². The van der Waals surface area contributed by atoms with Crippen molar-refractivity contribution in [3.8, 4) is 0 Å². The van der Waals surface area contributed by atoms with E-state index in [1.165, 1.54) is 0 Å². The Balaban J connectivity index is 2.27. The number of rotatable bonds is 3. The van der Waals surface area contributed by atoms with E-state index in [1.807, 2.05) is 0 Å². The van der Waals surface area contributed by atoms with E-state index in [9.17, 15) is 4.79 Å². The molecule has 20 heavy (non-hydrogen) atoms. The largest absolute Gasteiger partial charge is 0.462 e. The first-order chi connectivity index (χ1) is 9.61. The van der Waals surface area contributed by atoms with E-state index in [2.05, 4.69) is 21.8 Å². The van der Waals surface area contributed by atoms with Gasteiger partial charge in [-0.2, -0.15) is 0 Å². The Morgan fingerprint density at radius 3 is 2.95 bits per heavy atom. The van der Waals surface area contributed by atoms with E-state index in [1.54, 1.807) is 19.2 Å². The predicted octanol–water partition coefficient (Wildman–Crippen LogP) is 0.982. The lowest BCUT2D eigenvalue weighted by Crippen LogP contribution is -2.31. The first-order valence-electron chi connectivity index (χ1n) is 6.98. The molecule has 0 aliphatic carbocycles. The van der Waals surface area contributed by atoms with Gasteiger partial charge in [0.25, 0.3) is 0 Å². The highest BCUT2D eigenvalue weighted by molar-refractivity contribution is 5.95. The van der Waals surface area contributed by atoms with Crippen LogP contribution in [-0.2, 0) is 4.74 Å². The number of carbonyl (C=O) groups is 1. The summed E-state index contributed by atoms with van der Waals surface area (Å²) in [5.41, 5.74) is 6.68. The first-order valence-corrected chi connectivity index (χ1v) is 6.98. The number of aromatic nitrogens is 1. The van der Waals surface area contributed by atoms with E-state index in [0.717, 1.165) is 32.6 Å². The molecule has 2 N–H and O–H groups in total. The Morgan fingerprint density at radius 1 is 1.40 bits per heavy atom. The van der Waals surface area contributed by atoms with Gasteiger partial charge in [0.15, 0.2) is 0 Å². The zero-order chi connectivity index (χ0) is 14.5. The molecule has 1 aliphatic heterocycles. The summed E-state index contributed by atoms with van der Waals surface area (Å²) >= 11 is 0. The minimum Gasteiger partial charge on any atom is -0.462 e. The Morgan fingerprint density at radius 2 is 2.20 bits per heavy atom. The summed E-state index contributed by atoms with van der Waals surface area (Å²) in [4.78, 5) is 20.8. The molecule has 110 valence electrons. The van der Waals surface area contributed by atoms with Crippen molar-refractivity contribution in [1.29, 1.82) is 0 Å². The van der Waals surface area contributed by atoms with E-state index in [-0.39, 0.29) is 5.97 Å². The summed E-state index contributed by atoms with van der Waals surface area (Å²) in [5, 5.41) is 0. The molecule has 0 saturated carbocycles. The molecule has 1 fully saturated rings. The van der Waals surface area contributed by atoms with Crippen molar-refractivity contribution in [2.75, 3.05) is 50.5 Å². The third kappa shape index (κ3) is 3.39. The second kappa shape index (κ2) is 6.56. The molecule has 2 heterocycles. The van der Waals surface area contributed by atoms with Crippen LogP contribution in [0.2, 0.25) is 0 Å². The number of hydrogen-bond acceptors (Lipinski definition) is 6. The number of hydrogen-bond donors (Lipinski definition) is 1. The molecular weight excluding hydrogens is 256 g/mol. The van der Waals surface area contributed by atoms with Gasteiger partial charge < -0.3 is 20.3 Å². The fourth-order valence-electron chi connectivity index (χ4n) is 2.34. The van der Waals surface area contributed by atoms with Crippen molar-refractivity contribution in [1.82, 2.24) is 9.88 Å². The second-order valence-electron chi connectivity index (χ2n) is 5.00.